The number of rotatable bonds is 4. The highest BCUT2D eigenvalue weighted by Crippen LogP contribution is 2.31. The highest BCUT2D eigenvalue weighted by molar-refractivity contribution is 9.10. The maximum absolute atomic E-state index is 12.3. The van der Waals surface area contributed by atoms with Crippen molar-refractivity contribution in [2.75, 3.05) is 7.11 Å². The Balaban J connectivity index is 3.10. The Labute approximate surface area is 106 Å². The zero-order valence-electron chi connectivity index (χ0n) is 9.30. The van der Waals surface area contributed by atoms with Crippen molar-refractivity contribution in [1.82, 2.24) is 0 Å². The Hall–Kier alpha value is -1.17. The molecule has 1 aromatic rings. The van der Waals surface area contributed by atoms with Crippen molar-refractivity contribution in [3.05, 3.63) is 27.7 Å². The molecule has 0 aromatic heterocycles. The van der Waals surface area contributed by atoms with Crippen LogP contribution in [-0.4, -0.2) is 19.7 Å². The second-order valence-electron chi connectivity index (χ2n) is 3.29. The smallest absolute Gasteiger partial charge is 0.387 e. The van der Waals surface area contributed by atoms with E-state index in [2.05, 4.69) is 25.4 Å². The number of methoxy groups -OCH3 is 1. The first-order valence-corrected chi connectivity index (χ1v) is 5.54. The van der Waals surface area contributed by atoms with E-state index in [0.717, 1.165) is 0 Å². The van der Waals surface area contributed by atoms with Gasteiger partial charge in [-0.05, 0) is 13.0 Å². The average molecular weight is 309 g/mol. The van der Waals surface area contributed by atoms with Gasteiger partial charge in [-0.15, -0.1) is 0 Å². The number of carbonyl (C=O) groups excluding carboxylic acids is 1. The number of benzene rings is 1. The van der Waals surface area contributed by atoms with E-state index in [1.807, 2.05) is 0 Å². The third-order valence-electron chi connectivity index (χ3n) is 2.19. The molecule has 0 radical (unpaired) electrons. The molecular formula is C11H11BrF2O3. The van der Waals surface area contributed by atoms with Crippen LogP contribution in [0.1, 0.15) is 11.1 Å². The summed E-state index contributed by atoms with van der Waals surface area (Å²) in [7, 11) is 1.24. The van der Waals surface area contributed by atoms with Gasteiger partial charge in [0.1, 0.15) is 5.75 Å². The Kier molecular flexibility index (Phi) is 4.86. The summed E-state index contributed by atoms with van der Waals surface area (Å²) in [6, 6.07) is 3.22. The van der Waals surface area contributed by atoms with Gasteiger partial charge in [0.15, 0.2) is 0 Å². The quantitative estimate of drug-likeness (QED) is 0.802. The third-order valence-corrected chi connectivity index (χ3v) is 3.05. The molecule has 17 heavy (non-hydrogen) atoms. The summed E-state index contributed by atoms with van der Waals surface area (Å²) >= 11 is 3.21. The van der Waals surface area contributed by atoms with Crippen molar-refractivity contribution in [3.63, 3.8) is 0 Å². The van der Waals surface area contributed by atoms with Gasteiger partial charge in [0.05, 0.1) is 13.5 Å². The van der Waals surface area contributed by atoms with Gasteiger partial charge in [-0.25, -0.2) is 0 Å². The van der Waals surface area contributed by atoms with Gasteiger partial charge in [-0.3, -0.25) is 4.79 Å². The second kappa shape index (κ2) is 5.95. The molecule has 0 unspecified atom stereocenters. The monoisotopic (exact) mass is 308 g/mol. The molecule has 0 aliphatic rings. The number of esters is 1. The molecule has 0 saturated heterocycles. The minimum atomic E-state index is -2.93. The fraction of sp³-hybridized carbons (Fsp3) is 0.364. The maximum atomic E-state index is 12.3. The standard InChI is InChI=1S/C11H11BrF2O3/c1-6-8(12)4-3-7(5-9(15)16-2)10(6)17-11(13)14/h3-4,11H,5H2,1-2H3. The minimum Gasteiger partial charge on any atom is -0.469 e. The predicted octanol–water partition coefficient (Wildman–Crippen LogP) is 3.07. The van der Waals surface area contributed by atoms with Crippen LogP contribution in [0.15, 0.2) is 16.6 Å². The SMILES string of the molecule is COC(=O)Cc1ccc(Br)c(C)c1OC(F)F. The van der Waals surface area contributed by atoms with Crippen molar-refractivity contribution in [2.24, 2.45) is 0 Å². The van der Waals surface area contributed by atoms with Crippen LogP contribution in [0.3, 0.4) is 0 Å². The van der Waals surface area contributed by atoms with Gasteiger partial charge in [-0.1, -0.05) is 22.0 Å². The molecule has 0 aliphatic carbocycles. The van der Waals surface area contributed by atoms with E-state index in [1.165, 1.54) is 7.11 Å². The molecule has 1 rings (SSSR count). The summed E-state index contributed by atoms with van der Waals surface area (Å²) in [6.07, 6.45) is -0.104. The van der Waals surface area contributed by atoms with Crippen molar-refractivity contribution in [1.29, 1.82) is 0 Å². The van der Waals surface area contributed by atoms with E-state index < -0.39 is 12.6 Å². The Morgan fingerprint density at radius 1 is 1.47 bits per heavy atom. The molecule has 0 spiro atoms. The third kappa shape index (κ3) is 3.66. The van der Waals surface area contributed by atoms with E-state index in [0.29, 0.717) is 15.6 Å². The van der Waals surface area contributed by atoms with Crippen LogP contribution >= 0.6 is 15.9 Å². The number of hydrogen-bond acceptors (Lipinski definition) is 3. The molecule has 6 heteroatoms. The first-order chi connectivity index (χ1) is 7.95. The number of hydrogen-bond donors (Lipinski definition) is 0. The van der Waals surface area contributed by atoms with Crippen molar-refractivity contribution in [2.45, 2.75) is 20.0 Å². The average Bonchev–Trinajstić information content (AvgIpc) is 2.28. The van der Waals surface area contributed by atoms with Crippen LogP contribution < -0.4 is 4.74 Å². The lowest BCUT2D eigenvalue weighted by molar-refractivity contribution is -0.139. The van der Waals surface area contributed by atoms with Crippen molar-refractivity contribution < 1.29 is 23.0 Å². The number of halogens is 3. The molecule has 0 fully saturated rings. The van der Waals surface area contributed by atoms with Gasteiger partial charge < -0.3 is 9.47 Å². The highest BCUT2D eigenvalue weighted by Gasteiger charge is 2.16. The Morgan fingerprint density at radius 2 is 2.12 bits per heavy atom. The van der Waals surface area contributed by atoms with Gasteiger partial charge >= 0.3 is 12.6 Å². The van der Waals surface area contributed by atoms with Crippen LogP contribution in [0.25, 0.3) is 0 Å². The van der Waals surface area contributed by atoms with Crippen LogP contribution in [0, 0.1) is 6.92 Å². The summed E-state index contributed by atoms with van der Waals surface area (Å²) < 4.78 is 34.1. The lowest BCUT2D eigenvalue weighted by Gasteiger charge is -2.14. The zero-order chi connectivity index (χ0) is 13.0. The topological polar surface area (TPSA) is 35.5 Å². The number of carbonyl (C=O) groups is 1. The fourth-order valence-corrected chi connectivity index (χ4v) is 1.66. The molecule has 94 valence electrons. The molecule has 0 amide bonds. The van der Waals surface area contributed by atoms with Crippen molar-refractivity contribution >= 4 is 21.9 Å². The van der Waals surface area contributed by atoms with E-state index in [1.54, 1.807) is 19.1 Å². The largest absolute Gasteiger partial charge is 0.469 e. The first kappa shape index (κ1) is 13.9. The highest BCUT2D eigenvalue weighted by atomic mass is 79.9. The van der Waals surface area contributed by atoms with E-state index >= 15 is 0 Å². The van der Waals surface area contributed by atoms with Gasteiger partial charge in [0, 0.05) is 15.6 Å². The Morgan fingerprint density at radius 3 is 2.65 bits per heavy atom. The maximum Gasteiger partial charge on any atom is 0.387 e. The molecule has 0 N–H and O–H groups in total. The van der Waals surface area contributed by atoms with Crippen LogP contribution in [-0.2, 0) is 16.0 Å². The van der Waals surface area contributed by atoms with E-state index in [4.69, 9.17) is 0 Å². The normalized spacial score (nSPS) is 10.5. The lowest BCUT2D eigenvalue weighted by atomic mass is 10.1. The molecule has 0 atom stereocenters. The second-order valence-corrected chi connectivity index (χ2v) is 4.15. The van der Waals surface area contributed by atoms with Crippen LogP contribution in [0.2, 0.25) is 0 Å². The van der Waals surface area contributed by atoms with E-state index in [9.17, 15) is 13.6 Å². The summed E-state index contributed by atoms with van der Waals surface area (Å²) in [6.45, 7) is -1.30. The Bertz CT molecular complexity index is 421. The minimum absolute atomic E-state index is 0.0137. The van der Waals surface area contributed by atoms with E-state index in [-0.39, 0.29) is 12.2 Å². The molecule has 3 nitrogen and oxygen atoms in total. The summed E-state index contributed by atoms with van der Waals surface area (Å²) in [5.41, 5.74) is 0.893. The predicted molar refractivity (Wildman–Crippen MR) is 61.2 cm³/mol. The zero-order valence-corrected chi connectivity index (χ0v) is 10.9. The fourth-order valence-electron chi connectivity index (χ4n) is 1.34. The molecule has 1 aromatic carbocycles. The van der Waals surface area contributed by atoms with Gasteiger partial charge in [-0.2, -0.15) is 8.78 Å². The summed E-state index contributed by atoms with van der Waals surface area (Å²) in [5, 5.41) is 0. The molecule has 0 bridgehead atoms. The molecule has 0 heterocycles. The van der Waals surface area contributed by atoms with Gasteiger partial charge in [0.25, 0.3) is 0 Å². The summed E-state index contributed by atoms with van der Waals surface area (Å²) in [5.74, 6) is -0.495. The van der Waals surface area contributed by atoms with Crippen LogP contribution in [0.5, 0.6) is 5.75 Å². The number of ether oxygens (including phenoxy) is 2. The molecular weight excluding hydrogens is 298 g/mol. The molecule has 0 aliphatic heterocycles. The van der Waals surface area contributed by atoms with Gasteiger partial charge in [0.2, 0.25) is 0 Å². The number of alkyl halides is 2. The van der Waals surface area contributed by atoms with Crippen molar-refractivity contribution in [3.8, 4) is 5.75 Å². The summed E-state index contributed by atoms with van der Waals surface area (Å²) in [4.78, 5) is 11.1. The first-order valence-electron chi connectivity index (χ1n) is 4.75. The van der Waals surface area contributed by atoms with Crippen LogP contribution in [0.4, 0.5) is 8.78 Å². The molecule has 0 saturated carbocycles. The lowest BCUT2D eigenvalue weighted by Crippen LogP contribution is -2.10.